The van der Waals surface area contributed by atoms with Gasteiger partial charge in [0.15, 0.2) is 5.96 Å². The smallest absolute Gasteiger partial charge is 0.185 e. The second-order valence-corrected chi connectivity index (χ2v) is 4.26. The Morgan fingerprint density at radius 2 is 1.89 bits per heavy atom. The van der Waals surface area contributed by atoms with Gasteiger partial charge in [-0.2, -0.15) is 0 Å². The highest BCUT2D eigenvalue weighted by atomic mass is 16.6. The van der Waals surface area contributed by atoms with Crippen molar-refractivity contribution in [2.45, 2.75) is 37.4 Å². The predicted molar refractivity (Wildman–Crippen MR) is 64.9 cm³/mol. The number of hydrogen-bond acceptors (Lipinski definition) is 6. The lowest BCUT2D eigenvalue weighted by molar-refractivity contribution is -0.0329. The van der Waals surface area contributed by atoms with Gasteiger partial charge in [0.2, 0.25) is 0 Å². The molecule has 0 radical (unpaired) electrons. The quantitative estimate of drug-likeness (QED) is 0.150. The fourth-order valence-corrected chi connectivity index (χ4v) is 1.79. The monoisotopic (exact) mass is 262 g/mol. The summed E-state index contributed by atoms with van der Waals surface area (Å²) in [5.74, 6) is -0.0496. The average molecular weight is 262 g/mol. The summed E-state index contributed by atoms with van der Waals surface area (Å²) in [5.41, 5.74) is 5.12. The van der Waals surface area contributed by atoms with Crippen molar-refractivity contribution in [3.63, 3.8) is 0 Å². The molecule has 1 unspecified atom stereocenters. The Labute approximate surface area is 106 Å². The lowest BCUT2D eigenvalue weighted by Gasteiger charge is -2.16. The van der Waals surface area contributed by atoms with E-state index in [1.165, 1.54) is 0 Å². The van der Waals surface area contributed by atoms with Crippen molar-refractivity contribution in [2.24, 2.45) is 5.73 Å². The van der Waals surface area contributed by atoms with E-state index in [1.807, 2.05) is 0 Å². The molecule has 4 atom stereocenters. The van der Waals surface area contributed by atoms with Crippen LogP contribution in [-0.4, -0.2) is 65.5 Å². The molecule has 0 aliphatic carbocycles. The molecule has 1 aliphatic heterocycles. The van der Waals surface area contributed by atoms with Gasteiger partial charge in [0.25, 0.3) is 0 Å². The van der Waals surface area contributed by atoms with Crippen LogP contribution in [0.3, 0.4) is 0 Å². The van der Waals surface area contributed by atoms with Crippen LogP contribution in [-0.2, 0) is 4.74 Å². The maximum absolute atomic E-state index is 9.63. The molecule has 106 valence electrons. The Morgan fingerprint density at radius 3 is 2.44 bits per heavy atom. The molecule has 1 aliphatic rings. The summed E-state index contributed by atoms with van der Waals surface area (Å²) in [5, 5.41) is 40.6. The fourth-order valence-electron chi connectivity index (χ4n) is 1.79. The molecule has 18 heavy (non-hydrogen) atoms. The molecule has 1 rings (SSSR count). The topological polar surface area (TPSA) is 144 Å². The minimum Gasteiger partial charge on any atom is -0.394 e. The second-order valence-electron chi connectivity index (χ2n) is 4.26. The highest BCUT2D eigenvalue weighted by Crippen LogP contribution is 2.19. The first kappa shape index (κ1) is 15.1. The number of hydrogen-bond donors (Lipinski definition) is 7. The Bertz CT molecular complexity index is 266. The average Bonchev–Trinajstić information content (AvgIpc) is 2.60. The molecule has 0 aromatic heterocycles. The zero-order valence-electron chi connectivity index (χ0n) is 10.2. The van der Waals surface area contributed by atoms with Crippen molar-refractivity contribution in [2.75, 3.05) is 19.7 Å². The molecule has 0 spiro atoms. The van der Waals surface area contributed by atoms with E-state index in [0.717, 1.165) is 12.8 Å². The molecule has 0 saturated carbocycles. The zero-order chi connectivity index (χ0) is 13.5. The van der Waals surface area contributed by atoms with Crippen LogP contribution in [0.25, 0.3) is 0 Å². The number of aliphatic hydroxyl groups is 3. The highest BCUT2D eigenvalue weighted by Gasteiger charge is 2.41. The number of guanidine groups is 1. The van der Waals surface area contributed by atoms with Crippen LogP contribution in [0, 0.1) is 5.41 Å². The van der Waals surface area contributed by atoms with Crippen molar-refractivity contribution in [3.05, 3.63) is 0 Å². The molecule has 8 N–H and O–H groups in total. The number of nitrogens with two attached hydrogens (primary N) is 1. The molecular formula is C10H22N4O4. The first-order chi connectivity index (χ1) is 8.56. The molecule has 1 heterocycles. The van der Waals surface area contributed by atoms with Gasteiger partial charge in [-0.15, -0.1) is 0 Å². The zero-order valence-corrected chi connectivity index (χ0v) is 10.2. The van der Waals surface area contributed by atoms with Gasteiger partial charge in [-0.3, -0.25) is 10.7 Å². The number of unbranched alkanes of at least 4 members (excludes halogenated alkanes) is 1. The van der Waals surface area contributed by atoms with Crippen molar-refractivity contribution < 1.29 is 20.1 Å². The molecule has 0 bridgehead atoms. The van der Waals surface area contributed by atoms with Crippen LogP contribution < -0.4 is 16.4 Å². The normalized spacial score (nSPS) is 31.5. The molecule has 1 fully saturated rings. The van der Waals surface area contributed by atoms with Crippen LogP contribution >= 0.6 is 0 Å². The third kappa shape index (κ3) is 4.39. The van der Waals surface area contributed by atoms with Crippen LogP contribution in [0.15, 0.2) is 0 Å². The standard InChI is InChI=1S/C10H22N4O4/c11-10(12)14-4-2-1-3-13-9-8(17)7(16)6(5-15)18-9/h6-9,13,15-17H,1-5H2,(H4,11,12,14)/t6-,7-,8-,9?/m1/s1. The summed E-state index contributed by atoms with van der Waals surface area (Å²) in [6.45, 7) is 0.901. The Balaban J connectivity index is 2.11. The van der Waals surface area contributed by atoms with Crippen LogP contribution in [0.2, 0.25) is 0 Å². The molecule has 8 heteroatoms. The highest BCUT2D eigenvalue weighted by molar-refractivity contribution is 5.74. The maximum Gasteiger partial charge on any atom is 0.185 e. The molecule has 0 aromatic carbocycles. The van der Waals surface area contributed by atoms with Crippen LogP contribution in [0.1, 0.15) is 12.8 Å². The van der Waals surface area contributed by atoms with E-state index in [1.54, 1.807) is 0 Å². The van der Waals surface area contributed by atoms with Gasteiger partial charge in [-0.25, -0.2) is 0 Å². The minimum atomic E-state index is -1.06. The van der Waals surface area contributed by atoms with Crippen molar-refractivity contribution in [1.29, 1.82) is 5.41 Å². The fraction of sp³-hybridized carbons (Fsp3) is 0.900. The number of ether oxygens (including phenoxy) is 1. The summed E-state index contributed by atoms with van der Waals surface area (Å²) in [6.07, 6.45) is -1.85. The van der Waals surface area contributed by atoms with Crippen LogP contribution in [0.5, 0.6) is 0 Å². The summed E-state index contributed by atoms with van der Waals surface area (Å²) < 4.78 is 5.25. The molecule has 0 aromatic rings. The summed E-state index contributed by atoms with van der Waals surface area (Å²) >= 11 is 0. The van der Waals surface area contributed by atoms with Gasteiger partial charge < -0.3 is 31.1 Å². The summed E-state index contributed by atoms with van der Waals surface area (Å²) in [6, 6.07) is 0. The van der Waals surface area contributed by atoms with Gasteiger partial charge in [-0.05, 0) is 19.4 Å². The number of rotatable bonds is 7. The largest absolute Gasteiger partial charge is 0.394 e. The summed E-state index contributed by atoms with van der Waals surface area (Å²) in [4.78, 5) is 0. The lowest BCUT2D eigenvalue weighted by Crippen LogP contribution is -2.41. The van der Waals surface area contributed by atoms with Gasteiger partial charge in [0.1, 0.15) is 24.5 Å². The third-order valence-corrected chi connectivity index (χ3v) is 2.81. The predicted octanol–water partition coefficient (Wildman–Crippen LogP) is -2.72. The van der Waals surface area contributed by atoms with Crippen molar-refractivity contribution in [1.82, 2.24) is 10.6 Å². The lowest BCUT2D eigenvalue weighted by atomic mass is 10.1. The third-order valence-electron chi connectivity index (χ3n) is 2.81. The first-order valence-electron chi connectivity index (χ1n) is 6.00. The van der Waals surface area contributed by atoms with E-state index >= 15 is 0 Å². The van der Waals surface area contributed by atoms with E-state index in [9.17, 15) is 10.2 Å². The SMILES string of the molecule is N=C(N)NCCCCNC1O[C@H](CO)[C@@H](O)[C@H]1O. The van der Waals surface area contributed by atoms with E-state index in [0.29, 0.717) is 13.1 Å². The van der Waals surface area contributed by atoms with Gasteiger partial charge in [-0.1, -0.05) is 0 Å². The van der Waals surface area contributed by atoms with Gasteiger partial charge in [0.05, 0.1) is 6.61 Å². The Kier molecular flexibility index (Phi) is 6.30. The maximum atomic E-state index is 9.63. The van der Waals surface area contributed by atoms with Crippen molar-refractivity contribution in [3.8, 4) is 0 Å². The van der Waals surface area contributed by atoms with Gasteiger partial charge in [0, 0.05) is 6.54 Å². The summed E-state index contributed by atoms with van der Waals surface area (Å²) in [7, 11) is 0. The molecule has 1 saturated heterocycles. The second kappa shape index (κ2) is 7.49. The van der Waals surface area contributed by atoms with Crippen molar-refractivity contribution >= 4 is 5.96 Å². The number of aliphatic hydroxyl groups excluding tert-OH is 3. The molecule has 8 nitrogen and oxygen atoms in total. The Morgan fingerprint density at radius 1 is 1.22 bits per heavy atom. The van der Waals surface area contributed by atoms with E-state index < -0.39 is 24.5 Å². The van der Waals surface area contributed by atoms with E-state index in [-0.39, 0.29) is 12.6 Å². The minimum absolute atomic E-state index is 0.0496. The Hall–Kier alpha value is -0.930. The van der Waals surface area contributed by atoms with Gasteiger partial charge >= 0.3 is 0 Å². The molecular weight excluding hydrogens is 240 g/mol. The molecule has 0 amide bonds. The number of nitrogens with one attached hydrogen (secondary N) is 3. The van der Waals surface area contributed by atoms with E-state index in [4.69, 9.17) is 21.0 Å². The van der Waals surface area contributed by atoms with E-state index in [2.05, 4.69) is 10.6 Å². The first-order valence-corrected chi connectivity index (χ1v) is 6.00. The van der Waals surface area contributed by atoms with Crippen LogP contribution in [0.4, 0.5) is 0 Å².